The van der Waals surface area contributed by atoms with Crippen LogP contribution in [0.25, 0.3) is 32.7 Å². The maximum Gasteiger partial charge on any atom is 0.0636 e. The normalized spacial score (nSPS) is 12.4. The Morgan fingerprint density at radius 3 is 1.95 bits per heavy atom. The lowest BCUT2D eigenvalue weighted by Crippen LogP contribution is -1.85. The van der Waals surface area contributed by atoms with Gasteiger partial charge in [-0.1, -0.05) is 78.3 Å². The average molecular weight is 272 g/mol. The number of rotatable bonds is 1. The third-order valence-corrected chi connectivity index (χ3v) is 3.92. The number of aryl methyl sites for hydroxylation is 1. The first kappa shape index (κ1) is 10.2. The second kappa shape index (κ2) is 4.75. The summed E-state index contributed by atoms with van der Waals surface area (Å²) in [5, 5.41) is 4.04. The predicted molar refractivity (Wildman–Crippen MR) is 91.6 cm³/mol. The maximum atomic E-state index is 8.53. The van der Waals surface area contributed by atoms with Crippen molar-refractivity contribution < 1.29 is 2.74 Å². The van der Waals surface area contributed by atoms with Crippen LogP contribution in [0.5, 0.6) is 0 Å². The Balaban J connectivity index is 2.22. The van der Waals surface area contributed by atoms with Crippen LogP contribution in [0.2, 0.25) is 0 Å². The van der Waals surface area contributed by atoms with Crippen LogP contribution in [-0.4, -0.2) is 0 Å². The molecule has 0 N–H and O–H groups in total. The number of hydrogen-bond acceptors (Lipinski definition) is 0. The summed E-state index contributed by atoms with van der Waals surface area (Å²) in [4.78, 5) is 0. The molecule has 0 unspecified atom stereocenters. The molecule has 4 aromatic carbocycles. The minimum atomic E-state index is 0.547. The fraction of sp³-hybridized carbons (Fsp3) is 0.0476. The molecule has 21 heavy (non-hydrogen) atoms. The topological polar surface area (TPSA) is 0 Å². The molecule has 0 heterocycles. The van der Waals surface area contributed by atoms with Crippen molar-refractivity contribution in [2.75, 3.05) is 0 Å². The van der Waals surface area contributed by atoms with Crippen molar-refractivity contribution in [1.29, 1.82) is 0 Å². The van der Waals surface area contributed by atoms with Crippen LogP contribution in [0.4, 0.5) is 0 Å². The van der Waals surface area contributed by atoms with Crippen molar-refractivity contribution >= 4 is 21.5 Å². The first-order chi connectivity index (χ1) is 11.2. The molecule has 0 amide bonds. The molecule has 0 nitrogen and oxygen atoms in total. The Labute approximate surface area is 127 Å². The Bertz CT molecular complexity index is 991. The monoisotopic (exact) mass is 272 g/mol. The van der Waals surface area contributed by atoms with Gasteiger partial charge in [0.2, 0.25) is 0 Å². The minimum Gasteiger partial charge on any atom is -0.0616 e. The smallest absolute Gasteiger partial charge is 0.0616 e. The SMILES string of the molecule is [3H]c1cc(-c2c3ccccc3c([3H])c3ccccc23)ccc1C. The molecule has 4 aromatic rings. The van der Waals surface area contributed by atoms with E-state index < -0.39 is 0 Å². The van der Waals surface area contributed by atoms with Crippen LogP contribution in [0, 0.1) is 6.92 Å². The zero-order chi connectivity index (χ0) is 16.0. The Hall–Kier alpha value is -2.60. The minimum absolute atomic E-state index is 0.547. The summed E-state index contributed by atoms with van der Waals surface area (Å²) >= 11 is 0. The van der Waals surface area contributed by atoms with Crippen LogP contribution in [0.15, 0.2) is 78.8 Å². The third kappa shape index (κ3) is 2.00. The van der Waals surface area contributed by atoms with Crippen LogP contribution < -0.4 is 0 Å². The molecule has 0 aliphatic heterocycles. The lowest BCUT2D eigenvalue weighted by molar-refractivity contribution is 1.47. The average Bonchev–Trinajstić information content (AvgIpc) is 2.58. The van der Waals surface area contributed by atoms with E-state index in [1.807, 2.05) is 55.5 Å². The van der Waals surface area contributed by atoms with Crippen LogP contribution in [0.1, 0.15) is 8.30 Å². The van der Waals surface area contributed by atoms with Gasteiger partial charge in [-0.3, -0.25) is 0 Å². The Kier molecular flexibility index (Phi) is 2.30. The van der Waals surface area contributed by atoms with Crippen molar-refractivity contribution in [3.8, 4) is 11.1 Å². The van der Waals surface area contributed by atoms with Crippen molar-refractivity contribution in [3.63, 3.8) is 0 Å². The van der Waals surface area contributed by atoms with Gasteiger partial charge in [0.05, 0.1) is 2.74 Å². The zero-order valence-electron chi connectivity index (χ0n) is 13.9. The number of fused-ring (bicyclic) bond motifs is 2. The fourth-order valence-corrected chi connectivity index (χ4v) is 2.88. The molecular formula is C21H16. The van der Waals surface area contributed by atoms with E-state index in [0.29, 0.717) is 12.1 Å². The molecule has 0 atom stereocenters. The highest BCUT2D eigenvalue weighted by molar-refractivity contribution is 6.12. The summed E-state index contributed by atoms with van der Waals surface area (Å²) in [7, 11) is 0. The molecule has 0 spiro atoms. The van der Waals surface area contributed by atoms with Crippen molar-refractivity contribution in [2.45, 2.75) is 6.92 Å². The van der Waals surface area contributed by atoms with Gasteiger partial charge < -0.3 is 0 Å². The van der Waals surface area contributed by atoms with Crippen molar-refractivity contribution in [3.05, 3.63) is 84.4 Å². The summed E-state index contributed by atoms with van der Waals surface area (Å²) in [5.74, 6) is 0. The first-order valence-electron chi connectivity index (χ1n) is 8.14. The van der Waals surface area contributed by atoms with Crippen LogP contribution in [0.3, 0.4) is 0 Å². The van der Waals surface area contributed by atoms with E-state index in [1.165, 1.54) is 0 Å². The highest BCUT2D eigenvalue weighted by atomic mass is 14.1. The van der Waals surface area contributed by atoms with E-state index in [9.17, 15) is 0 Å². The largest absolute Gasteiger partial charge is 0.0636 e. The van der Waals surface area contributed by atoms with E-state index in [0.717, 1.165) is 38.2 Å². The quantitative estimate of drug-likeness (QED) is 0.374. The highest BCUT2D eigenvalue weighted by Crippen LogP contribution is 2.36. The molecule has 4 rings (SSSR count). The Morgan fingerprint density at radius 1 is 0.714 bits per heavy atom. The Morgan fingerprint density at radius 2 is 1.33 bits per heavy atom. The molecule has 0 heteroatoms. The van der Waals surface area contributed by atoms with Gasteiger partial charge in [0.15, 0.2) is 0 Å². The molecule has 100 valence electrons. The van der Waals surface area contributed by atoms with Gasteiger partial charge in [-0.15, -0.1) is 0 Å². The fourth-order valence-electron chi connectivity index (χ4n) is 2.88. The lowest BCUT2D eigenvalue weighted by Gasteiger charge is -2.12. The summed E-state index contributed by atoms with van der Waals surface area (Å²) < 4.78 is 16.7. The summed E-state index contributed by atoms with van der Waals surface area (Å²) in [6.45, 7) is 1.95. The number of benzene rings is 4. The van der Waals surface area contributed by atoms with E-state index in [4.69, 9.17) is 2.74 Å². The van der Waals surface area contributed by atoms with Gasteiger partial charge in [0.25, 0.3) is 0 Å². The van der Waals surface area contributed by atoms with Gasteiger partial charge in [-0.2, -0.15) is 0 Å². The first-order valence-corrected chi connectivity index (χ1v) is 7.14. The summed E-state index contributed by atoms with van der Waals surface area (Å²) in [5.41, 5.74) is 3.12. The standard InChI is InChI=1S/C21H16/c1-15-10-12-16(13-11-15)21-19-8-4-2-6-17(19)14-18-7-3-5-9-20(18)21/h2-14H,1H3/i10T,14T. The molecular weight excluding hydrogens is 252 g/mol. The van der Waals surface area contributed by atoms with Gasteiger partial charge in [-0.05, 0) is 45.6 Å². The van der Waals surface area contributed by atoms with Crippen LogP contribution in [-0.2, 0) is 0 Å². The van der Waals surface area contributed by atoms with Crippen molar-refractivity contribution in [2.24, 2.45) is 0 Å². The molecule has 0 aliphatic rings. The molecule has 0 fully saturated rings. The molecule has 0 radical (unpaired) electrons. The highest BCUT2D eigenvalue weighted by Gasteiger charge is 2.09. The van der Waals surface area contributed by atoms with Gasteiger partial charge in [0.1, 0.15) is 0 Å². The maximum absolute atomic E-state index is 8.53. The molecule has 0 aliphatic carbocycles. The van der Waals surface area contributed by atoms with Crippen LogP contribution >= 0.6 is 0 Å². The van der Waals surface area contributed by atoms with Crippen molar-refractivity contribution in [1.82, 2.24) is 0 Å². The van der Waals surface area contributed by atoms with E-state index in [1.54, 1.807) is 0 Å². The van der Waals surface area contributed by atoms with Gasteiger partial charge >= 0.3 is 0 Å². The molecule has 0 bridgehead atoms. The summed E-state index contributed by atoms with van der Waals surface area (Å²) in [6, 6.07) is 23.2. The second-order valence-electron chi connectivity index (χ2n) is 5.35. The van der Waals surface area contributed by atoms with E-state index in [2.05, 4.69) is 18.2 Å². The molecule has 0 saturated carbocycles. The summed E-state index contributed by atoms with van der Waals surface area (Å²) in [6.07, 6.45) is 0. The van der Waals surface area contributed by atoms with Gasteiger partial charge in [0, 0.05) is 0 Å². The number of hydrogen-bond donors (Lipinski definition) is 0. The third-order valence-electron chi connectivity index (χ3n) is 3.92. The molecule has 0 saturated heterocycles. The zero-order valence-corrected chi connectivity index (χ0v) is 11.9. The predicted octanol–water partition coefficient (Wildman–Crippen LogP) is 5.97. The second-order valence-corrected chi connectivity index (χ2v) is 5.35. The molecule has 0 aromatic heterocycles. The van der Waals surface area contributed by atoms with E-state index >= 15 is 0 Å². The lowest BCUT2D eigenvalue weighted by atomic mass is 9.92. The van der Waals surface area contributed by atoms with Gasteiger partial charge in [-0.25, -0.2) is 0 Å². The van der Waals surface area contributed by atoms with E-state index in [-0.39, 0.29) is 0 Å².